The van der Waals surface area contributed by atoms with Gasteiger partial charge in [-0.3, -0.25) is 14.9 Å². The van der Waals surface area contributed by atoms with Crippen LogP contribution in [0.1, 0.15) is 32.3 Å². The van der Waals surface area contributed by atoms with Crippen LogP contribution in [0.15, 0.2) is 16.8 Å². The number of rotatable bonds is 6. The second kappa shape index (κ2) is 5.77. The number of nitrogens with zero attached hydrogens (tertiary/aromatic N) is 3. The fourth-order valence-corrected chi connectivity index (χ4v) is 2.00. The normalized spacial score (nSPS) is 11.2. The smallest absolute Gasteiger partial charge is 0.299 e. The number of carbonyl (C=O) groups is 1. The fraction of sp³-hybridized carbons (Fsp3) is 0.462. The first-order chi connectivity index (χ1) is 9.50. The van der Waals surface area contributed by atoms with Crippen molar-refractivity contribution >= 4 is 22.5 Å². The molecule has 1 aromatic heterocycles. The highest BCUT2D eigenvalue weighted by atomic mass is 16.6. The average molecular weight is 277 g/mol. The lowest BCUT2D eigenvalue weighted by atomic mass is 10.00. The van der Waals surface area contributed by atoms with Gasteiger partial charge in [0.05, 0.1) is 4.92 Å². The maximum atomic E-state index is 11.6. The van der Waals surface area contributed by atoms with E-state index in [1.165, 1.54) is 6.07 Å². The second-order valence-corrected chi connectivity index (χ2v) is 4.94. The number of non-ortho nitro benzene ring substituents is 1. The lowest BCUT2D eigenvalue weighted by Crippen LogP contribution is -2.06. The summed E-state index contributed by atoms with van der Waals surface area (Å²) < 4.78 is 4.59. The highest BCUT2D eigenvalue weighted by Gasteiger charge is 2.19. The first-order valence-electron chi connectivity index (χ1n) is 6.42. The number of nitro benzene ring substituents is 1. The van der Waals surface area contributed by atoms with Gasteiger partial charge in [0.15, 0.2) is 0 Å². The number of benzene rings is 1. The lowest BCUT2D eigenvalue weighted by Gasteiger charge is -2.04. The van der Waals surface area contributed by atoms with Crippen LogP contribution in [0.2, 0.25) is 0 Å². The van der Waals surface area contributed by atoms with Crippen LogP contribution in [0.25, 0.3) is 11.0 Å². The van der Waals surface area contributed by atoms with Gasteiger partial charge in [0.25, 0.3) is 0 Å². The summed E-state index contributed by atoms with van der Waals surface area (Å²) >= 11 is 0. The summed E-state index contributed by atoms with van der Waals surface area (Å²) in [7, 11) is 0. The maximum Gasteiger partial charge on any atom is 0.300 e. The van der Waals surface area contributed by atoms with E-state index in [1.54, 1.807) is 6.07 Å². The van der Waals surface area contributed by atoms with Crippen molar-refractivity contribution in [3.63, 3.8) is 0 Å². The maximum absolute atomic E-state index is 11.6. The van der Waals surface area contributed by atoms with Gasteiger partial charge in [-0.2, -0.15) is 0 Å². The Morgan fingerprint density at radius 2 is 2.05 bits per heavy atom. The summed E-state index contributed by atoms with van der Waals surface area (Å²) in [5, 5.41) is 18.2. The Labute approximate surface area is 115 Å². The largest absolute Gasteiger partial charge is 0.300 e. The minimum absolute atomic E-state index is 0.0283. The lowest BCUT2D eigenvalue weighted by molar-refractivity contribution is -0.383. The predicted molar refractivity (Wildman–Crippen MR) is 71.2 cm³/mol. The van der Waals surface area contributed by atoms with Crippen molar-refractivity contribution in [1.29, 1.82) is 0 Å². The number of ketones is 1. The van der Waals surface area contributed by atoms with Gasteiger partial charge in [-0.15, -0.1) is 0 Å². The van der Waals surface area contributed by atoms with E-state index in [-0.39, 0.29) is 22.9 Å². The molecular formula is C13H15N3O4. The SMILES string of the molecule is CC(C)C(=O)CCCc1ccc([N+](=O)[O-])c2nonc12. The van der Waals surface area contributed by atoms with Gasteiger partial charge < -0.3 is 0 Å². The van der Waals surface area contributed by atoms with Crippen molar-refractivity contribution < 1.29 is 14.3 Å². The van der Waals surface area contributed by atoms with Crippen LogP contribution >= 0.6 is 0 Å². The zero-order chi connectivity index (χ0) is 14.7. The Balaban J connectivity index is 2.16. The molecule has 1 aromatic carbocycles. The van der Waals surface area contributed by atoms with Crippen molar-refractivity contribution in [3.8, 4) is 0 Å². The van der Waals surface area contributed by atoms with Crippen LogP contribution in [0.5, 0.6) is 0 Å². The number of aromatic nitrogens is 2. The van der Waals surface area contributed by atoms with Gasteiger partial charge in [0.1, 0.15) is 11.3 Å². The summed E-state index contributed by atoms with van der Waals surface area (Å²) in [6, 6.07) is 3.04. The summed E-state index contributed by atoms with van der Waals surface area (Å²) in [6.45, 7) is 3.74. The molecule has 106 valence electrons. The van der Waals surface area contributed by atoms with Crippen LogP contribution in [0, 0.1) is 16.0 Å². The number of carbonyl (C=O) groups excluding carboxylic acids is 1. The minimum Gasteiger partial charge on any atom is -0.299 e. The van der Waals surface area contributed by atoms with Crippen molar-refractivity contribution in [1.82, 2.24) is 10.3 Å². The molecule has 0 spiro atoms. The fourth-order valence-electron chi connectivity index (χ4n) is 2.00. The number of nitro groups is 1. The average Bonchev–Trinajstić information content (AvgIpc) is 2.87. The van der Waals surface area contributed by atoms with Gasteiger partial charge >= 0.3 is 5.69 Å². The Morgan fingerprint density at radius 3 is 2.70 bits per heavy atom. The molecule has 0 aliphatic carbocycles. The van der Waals surface area contributed by atoms with Gasteiger partial charge in [-0.1, -0.05) is 13.8 Å². The molecular weight excluding hydrogens is 262 g/mol. The predicted octanol–water partition coefficient (Wildman–Crippen LogP) is 2.68. The third kappa shape index (κ3) is 2.81. The molecule has 0 radical (unpaired) electrons. The third-order valence-electron chi connectivity index (χ3n) is 3.19. The van der Waals surface area contributed by atoms with Crippen LogP contribution in [0.4, 0.5) is 5.69 Å². The quantitative estimate of drug-likeness (QED) is 0.594. The van der Waals surface area contributed by atoms with E-state index < -0.39 is 4.92 Å². The van der Waals surface area contributed by atoms with E-state index in [0.717, 1.165) is 5.56 Å². The van der Waals surface area contributed by atoms with Gasteiger partial charge in [-0.25, -0.2) is 4.63 Å². The second-order valence-electron chi connectivity index (χ2n) is 4.94. The number of hydrogen-bond donors (Lipinski definition) is 0. The number of aryl methyl sites for hydroxylation is 1. The first-order valence-corrected chi connectivity index (χ1v) is 6.42. The molecule has 0 saturated heterocycles. The standard InChI is InChI=1S/C13H15N3O4/c1-8(2)11(17)5-3-4-9-6-7-10(16(18)19)13-12(9)14-20-15-13/h6-8H,3-5H2,1-2H3. The highest BCUT2D eigenvalue weighted by molar-refractivity contribution is 5.86. The zero-order valence-corrected chi connectivity index (χ0v) is 11.3. The van der Waals surface area contributed by atoms with Crippen LogP contribution in [-0.4, -0.2) is 21.0 Å². The number of fused-ring (bicyclic) bond motifs is 1. The topological polar surface area (TPSA) is 99.1 Å². The monoisotopic (exact) mass is 277 g/mol. The minimum atomic E-state index is -0.515. The van der Waals surface area contributed by atoms with E-state index in [4.69, 9.17) is 0 Å². The van der Waals surface area contributed by atoms with Crippen molar-refractivity contribution in [2.24, 2.45) is 5.92 Å². The molecule has 0 bridgehead atoms. The molecule has 0 unspecified atom stereocenters. The molecule has 2 aromatic rings. The summed E-state index contributed by atoms with van der Waals surface area (Å²) in [5.41, 5.74) is 1.24. The summed E-state index contributed by atoms with van der Waals surface area (Å²) in [4.78, 5) is 21.9. The van der Waals surface area contributed by atoms with Crippen LogP contribution < -0.4 is 0 Å². The van der Waals surface area contributed by atoms with Gasteiger partial charge in [0, 0.05) is 18.4 Å². The van der Waals surface area contributed by atoms with E-state index in [1.807, 2.05) is 13.8 Å². The molecule has 0 aliphatic heterocycles. The number of hydrogen-bond acceptors (Lipinski definition) is 6. The van der Waals surface area contributed by atoms with E-state index in [0.29, 0.717) is 24.8 Å². The van der Waals surface area contributed by atoms with Crippen molar-refractivity contribution in [2.75, 3.05) is 0 Å². The molecule has 0 fully saturated rings. The molecule has 0 N–H and O–H groups in total. The summed E-state index contributed by atoms with van der Waals surface area (Å²) in [5.74, 6) is 0.238. The van der Waals surface area contributed by atoms with Crippen molar-refractivity contribution in [2.45, 2.75) is 33.1 Å². The van der Waals surface area contributed by atoms with Crippen molar-refractivity contribution in [3.05, 3.63) is 27.8 Å². The molecule has 0 saturated carbocycles. The first kappa shape index (κ1) is 14.1. The Morgan fingerprint density at radius 1 is 1.35 bits per heavy atom. The molecule has 20 heavy (non-hydrogen) atoms. The highest BCUT2D eigenvalue weighted by Crippen LogP contribution is 2.26. The van der Waals surface area contributed by atoms with E-state index >= 15 is 0 Å². The zero-order valence-electron chi connectivity index (χ0n) is 11.3. The molecule has 2 rings (SSSR count). The Kier molecular flexibility index (Phi) is 4.07. The molecule has 0 atom stereocenters. The van der Waals surface area contributed by atoms with Crippen LogP contribution in [0.3, 0.4) is 0 Å². The van der Waals surface area contributed by atoms with Gasteiger partial charge in [0.2, 0.25) is 5.52 Å². The summed E-state index contributed by atoms with van der Waals surface area (Å²) in [6.07, 6.45) is 1.78. The Bertz CT molecular complexity index is 648. The molecule has 0 aliphatic rings. The number of Topliss-reactive ketones (excluding diaryl/α,β-unsaturated/α-hetero) is 1. The molecule has 1 heterocycles. The van der Waals surface area contributed by atoms with E-state index in [2.05, 4.69) is 14.9 Å². The van der Waals surface area contributed by atoms with Gasteiger partial charge in [-0.05, 0) is 34.8 Å². The van der Waals surface area contributed by atoms with E-state index in [9.17, 15) is 14.9 Å². The molecule has 7 nitrogen and oxygen atoms in total. The third-order valence-corrected chi connectivity index (χ3v) is 3.19. The van der Waals surface area contributed by atoms with Crippen LogP contribution in [-0.2, 0) is 11.2 Å². The Hall–Kier alpha value is -2.31. The molecule has 0 amide bonds. The molecule has 7 heteroatoms.